The minimum atomic E-state index is 0.557. The molecule has 0 atom stereocenters. The van der Waals surface area contributed by atoms with Gasteiger partial charge in [-0.15, -0.1) is 0 Å². The number of rotatable bonds is 4. The van der Waals surface area contributed by atoms with Crippen LogP contribution in [0.3, 0.4) is 0 Å². The summed E-state index contributed by atoms with van der Waals surface area (Å²) in [5.41, 5.74) is 12.7. The van der Waals surface area contributed by atoms with E-state index in [1.54, 1.807) is 34.5 Å². The highest BCUT2D eigenvalue weighted by Gasteiger charge is 2.15. The van der Waals surface area contributed by atoms with E-state index < -0.39 is 0 Å². The summed E-state index contributed by atoms with van der Waals surface area (Å²) in [5, 5.41) is 0. The number of halogens is 4. The Hall–Kier alpha value is -0.340. The van der Waals surface area contributed by atoms with E-state index in [1.807, 2.05) is 6.07 Å². The third kappa shape index (κ3) is 5.35. The average Bonchev–Trinajstić information content (AvgIpc) is 2.56. The van der Waals surface area contributed by atoms with Crippen LogP contribution in [0.4, 0.5) is 11.4 Å². The van der Waals surface area contributed by atoms with E-state index >= 15 is 0 Å². The minimum absolute atomic E-state index is 0.557. The Kier molecular flexibility index (Phi) is 9.90. The molecule has 6 nitrogen and oxygen atoms in total. The standard InChI is InChI=1S/C8H9Br2NO2.C8H9I2NO2/c2*1-12-7-4(9)3-5(11)8(13-2)6(7)10/h2*3H,11H2,1-2H3. The van der Waals surface area contributed by atoms with Crippen molar-refractivity contribution in [2.45, 2.75) is 0 Å². The molecule has 0 saturated heterocycles. The molecule has 0 aromatic heterocycles. The molecule has 2 aromatic carbocycles. The molecule has 0 aliphatic carbocycles. The van der Waals surface area contributed by atoms with E-state index in [0.717, 1.165) is 17.4 Å². The van der Waals surface area contributed by atoms with E-state index in [0.29, 0.717) is 33.1 Å². The zero-order chi connectivity index (χ0) is 20.0. The van der Waals surface area contributed by atoms with Crippen LogP contribution in [0.25, 0.3) is 0 Å². The number of ether oxygens (including phenoxy) is 4. The first-order valence-corrected chi connectivity index (χ1v) is 10.7. The maximum Gasteiger partial charge on any atom is 0.159 e. The molecule has 26 heavy (non-hydrogen) atoms. The maximum atomic E-state index is 5.77. The summed E-state index contributed by atoms with van der Waals surface area (Å²) in [4.78, 5) is 0. The van der Waals surface area contributed by atoms with Gasteiger partial charge in [0.25, 0.3) is 0 Å². The number of nitrogen functional groups attached to an aromatic ring is 2. The van der Waals surface area contributed by atoms with Crippen molar-refractivity contribution in [3.05, 3.63) is 28.2 Å². The Balaban J connectivity index is 0.000000260. The van der Waals surface area contributed by atoms with Crippen molar-refractivity contribution in [2.24, 2.45) is 0 Å². The van der Waals surface area contributed by atoms with Crippen molar-refractivity contribution in [3.63, 3.8) is 0 Å². The van der Waals surface area contributed by atoms with Gasteiger partial charge in [0.2, 0.25) is 0 Å². The summed E-state index contributed by atoms with van der Waals surface area (Å²) in [5.74, 6) is 2.75. The molecule has 0 bridgehead atoms. The highest BCUT2D eigenvalue weighted by Crippen LogP contribution is 2.43. The highest BCUT2D eigenvalue weighted by molar-refractivity contribution is 14.1. The number of nitrogens with two attached hydrogens (primary N) is 2. The largest absolute Gasteiger partial charge is 0.494 e. The second kappa shape index (κ2) is 10.9. The monoisotopic (exact) mass is 714 g/mol. The van der Waals surface area contributed by atoms with Crippen molar-refractivity contribution in [1.29, 1.82) is 0 Å². The molecule has 0 amide bonds. The van der Waals surface area contributed by atoms with Gasteiger partial charge in [-0.1, -0.05) is 0 Å². The summed E-state index contributed by atoms with van der Waals surface area (Å²) in [7, 11) is 6.37. The second-order valence-electron chi connectivity index (χ2n) is 4.66. The first-order valence-electron chi connectivity index (χ1n) is 6.94. The predicted octanol–water partition coefficient (Wildman–Crippen LogP) is 5.31. The first kappa shape index (κ1) is 23.7. The average molecular weight is 716 g/mol. The second-order valence-corrected chi connectivity index (χ2v) is 8.54. The number of hydrogen-bond donors (Lipinski definition) is 2. The lowest BCUT2D eigenvalue weighted by Gasteiger charge is -2.12. The van der Waals surface area contributed by atoms with Gasteiger partial charge < -0.3 is 30.4 Å². The van der Waals surface area contributed by atoms with Gasteiger partial charge in [-0.2, -0.15) is 0 Å². The Morgan fingerprint density at radius 1 is 0.731 bits per heavy atom. The van der Waals surface area contributed by atoms with Crippen LogP contribution >= 0.6 is 77.0 Å². The van der Waals surface area contributed by atoms with Gasteiger partial charge in [-0.05, 0) is 89.2 Å². The van der Waals surface area contributed by atoms with Gasteiger partial charge >= 0.3 is 0 Å². The normalized spacial score (nSPS) is 9.85. The third-order valence-electron chi connectivity index (χ3n) is 3.14. The minimum Gasteiger partial charge on any atom is -0.494 e. The lowest BCUT2D eigenvalue weighted by Crippen LogP contribution is -1.99. The molecule has 0 spiro atoms. The Morgan fingerprint density at radius 3 is 1.65 bits per heavy atom. The van der Waals surface area contributed by atoms with Crippen molar-refractivity contribution in [1.82, 2.24) is 0 Å². The van der Waals surface area contributed by atoms with Crippen LogP contribution in [0.2, 0.25) is 0 Å². The number of hydrogen-bond acceptors (Lipinski definition) is 6. The van der Waals surface area contributed by atoms with Crippen LogP contribution in [0.5, 0.6) is 23.0 Å². The molecule has 10 heteroatoms. The third-order valence-corrected chi connectivity index (χ3v) is 6.23. The zero-order valence-corrected chi connectivity index (χ0v) is 21.9. The summed E-state index contributed by atoms with van der Waals surface area (Å²) >= 11 is 11.0. The van der Waals surface area contributed by atoms with Crippen LogP contribution in [0, 0.1) is 7.14 Å². The molecule has 0 aliphatic rings. The van der Waals surface area contributed by atoms with E-state index in [-0.39, 0.29) is 0 Å². The highest BCUT2D eigenvalue weighted by atomic mass is 127. The molecule has 144 valence electrons. The summed E-state index contributed by atoms with van der Waals surface area (Å²) in [6.07, 6.45) is 0. The molecule has 0 saturated carbocycles. The Labute approximate surface area is 196 Å². The summed E-state index contributed by atoms with van der Waals surface area (Å²) in [6.45, 7) is 0. The topological polar surface area (TPSA) is 89.0 Å². The maximum absolute atomic E-state index is 5.77. The van der Waals surface area contributed by atoms with Crippen LogP contribution in [0.15, 0.2) is 21.1 Å². The van der Waals surface area contributed by atoms with Crippen molar-refractivity contribution in [3.8, 4) is 23.0 Å². The SMILES string of the molecule is COc1c(N)cc(Br)c(OC)c1Br.COc1c(N)cc(I)c(OC)c1I. The zero-order valence-electron chi connectivity index (χ0n) is 14.5. The molecule has 0 radical (unpaired) electrons. The van der Waals surface area contributed by atoms with E-state index in [2.05, 4.69) is 77.0 Å². The molecule has 0 aliphatic heterocycles. The number of methoxy groups -OCH3 is 4. The lowest BCUT2D eigenvalue weighted by molar-refractivity contribution is 0.388. The summed E-state index contributed by atoms with van der Waals surface area (Å²) < 4.78 is 24.0. The van der Waals surface area contributed by atoms with Gasteiger partial charge in [0.15, 0.2) is 17.2 Å². The lowest BCUT2D eigenvalue weighted by atomic mass is 10.3. The van der Waals surface area contributed by atoms with Gasteiger partial charge in [-0.3, -0.25) is 0 Å². The van der Waals surface area contributed by atoms with Crippen LogP contribution in [0.1, 0.15) is 0 Å². The fourth-order valence-electron chi connectivity index (χ4n) is 1.99. The quantitative estimate of drug-likeness (QED) is 0.330. The van der Waals surface area contributed by atoms with Crippen LogP contribution in [-0.2, 0) is 0 Å². The molecule has 2 rings (SSSR count). The van der Waals surface area contributed by atoms with E-state index in [1.165, 1.54) is 0 Å². The molecule has 0 heterocycles. The Bertz CT molecular complexity index is 670. The molecular weight excluding hydrogens is 698 g/mol. The molecule has 0 fully saturated rings. The molecule has 4 N–H and O–H groups in total. The van der Waals surface area contributed by atoms with E-state index in [4.69, 9.17) is 30.4 Å². The Morgan fingerprint density at radius 2 is 1.19 bits per heavy atom. The number of benzene rings is 2. The van der Waals surface area contributed by atoms with Crippen LogP contribution < -0.4 is 30.4 Å². The van der Waals surface area contributed by atoms with Gasteiger partial charge in [0, 0.05) is 0 Å². The van der Waals surface area contributed by atoms with Gasteiger partial charge in [0.05, 0.1) is 47.9 Å². The van der Waals surface area contributed by atoms with Gasteiger partial charge in [-0.25, -0.2) is 0 Å². The van der Waals surface area contributed by atoms with Crippen LogP contribution in [-0.4, -0.2) is 28.4 Å². The van der Waals surface area contributed by atoms with E-state index in [9.17, 15) is 0 Å². The molecule has 2 aromatic rings. The van der Waals surface area contributed by atoms with Crippen molar-refractivity contribution < 1.29 is 18.9 Å². The fraction of sp³-hybridized carbons (Fsp3) is 0.250. The van der Waals surface area contributed by atoms with Crippen molar-refractivity contribution >= 4 is 88.4 Å². The molecular formula is C16H18Br2I2N2O4. The fourth-order valence-corrected chi connectivity index (χ4v) is 6.02. The summed E-state index contributed by atoms with van der Waals surface area (Å²) in [6, 6.07) is 3.57. The first-order chi connectivity index (χ1) is 12.2. The van der Waals surface area contributed by atoms with Crippen molar-refractivity contribution in [2.75, 3.05) is 39.9 Å². The smallest absolute Gasteiger partial charge is 0.159 e. The van der Waals surface area contributed by atoms with Gasteiger partial charge in [0.1, 0.15) is 13.8 Å². The predicted molar refractivity (Wildman–Crippen MR) is 129 cm³/mol. The molecule has 0 unspecified atom stereocenters. The number of anilines is 2.